The number of hydrogen-bond donors (Lipinski definition) is 1. The van der Waals surface area contributed by atoms with Gasteiger partial charge in [-0.25, -0.2) is 0 Å². The van der Waals surface area contributed by atoms with Crippen molar-refractivity contribution in [2.75, 3.05) is 12.1 Å². The third-order valence-corrected chi connectivity index (χ3v) is 2.65. The minimum atomic E-state index is -0.478. The van der Waals surface area contributed by atoms with E-state index in [1.165, 1.54) is 31.2 Å². The van der Waals surface area contributed by atoms with Gasteiger partial charge in [-0.3, -0.25) is 14.9 Å². The van der Waals surface area contributed by atoms with E-state index in [4.69, 9.17) is 9.47 Å². The summed E-state index contributed by atoms with van der Waals surface area (Å²) < 4.78 is 10.7. The van der Waals surface area contributed by atoms with E-state index in [1.54, 1.807) is 24.3 Å². The molecule has 0 spiro atoms. The molecule has 1 N–H and O–H groups in total. The van der Waals surface area contributed by atoms with E-state index in [0.717, 1.165) is 0 Å². The summed E-state index contributed by atoms with van der Waals surface area (Å²) in [6.07, 6.45) is 0. The molecule has 0 aromatic heterocycles. The maximum atomic E-state index is 11.0. The van der Waals surface area contributed by atoms with Crippen LogP contribution in [0.25, 0.3) is 0 Å². The Kier molecular flexibility index (Phi) is 4.92. The number of nitro groups is 1. The molecule has 0 aliphatic rings. The smallest absolute Gasteiger partial charge is 0.269 e. The van der Waals surface area contributed by atoms with E-state index < -0.39 is 4.92 Å². The van der Waals surface area contributed by atoms with Crippen molar-refractivity contribution in [2.24, 2.45) is 0 Å². The van der Waals surface area contributed by atoms with Gasteiger partial charge in [0.1, 0.15) is 11.5 Å². The van der Waals surface area contributed by atoms with Crippen molar-refractivity contribution in [2.45, 2.75) is 6.92 Å². The minimum absolute atomic E-state index is 0.00345. The van der Waals surface area contributed by atoms with E-state index >= 15 is 0 Å². The van der Waals surface area contributed by atoms with Gasteiger partial charge in [0.05, 0.1) is 4.92 Å². The Morgan fingerprint density at radius 3 is 2.45 bits per heavy atom. The second-order valence-electron chi connectivity index (χ2n) is 4.37. The van der Waals surface area contributed by atoms with Crippen LogP contribution in [0.5, 0.6) is 11.5 Å². The van der Waals surface area contributed by atoms with Crippen LogP contribution in [0.3, 0.4) is 0 Å². The lowest BCUT2D eigenvalue weighted by atomic mass is 10.3. The van der Waals surface area contributed by atoms with E-state index in [9.17, 15) is 14.9 Å². The number of nitrogens with zero attached hydrogens (tertiary/aromatic N) is 1. The van der Waals surface area contributed by atoms with E-state index in [1.807, 2.05) is 0 Å². The van der Waals surface area contributed by atoms with Gasteiger partial charge in [-0.1, -0.05) is 6.07 Å². The lowest BCUT2D eigenvalue weighted by molar-refractivity contribution is -0.384. The molecule has 2 aromatic rings. The molecule has 2 aromatic carbocycles. The number of rotatable bonds is 6. The average Bonchev–Trinajstić information content (AvgIpc) is 2.47. The normalized spacial score (nSPS) is 9.86. The maximum absolute atomic E-state index is 11.0. The van der Waals surface area contributed by atoms with Crippen LogP contribution >= 0.6 is 0 Å². The van der Waals surface area contributed by atoms with E-state index in [-0.39, 0.29) is 18.4 Å². The third kappa shape index (κ3) is 4.48. The number of carbonyl (C=O) groups excluding carboxylic acids is 1. The minimum Gasteiger partial charge on any atom is -0.457 e. The second kappa shape index (κ2) is 7.07. The van der Waals surface area contributed by atoms with Crippen LogP contribution < -0.4 is 14.8 Å². The molecule has 0 aliphatic carbocycles. The molecule has 2 rings (SSSR count). The molecule has 0 bridgehead atoms. The molecule has 114 valence electrons. The number of nitrogens with one attached hydrogen (secondary N) is 1. The Morgan fingerprint density at radius 2 is 1.82 bits per heavy atom. The topological polar surface area (TPSA) is 90.7 Å². The van der Waals surface area contributed by atoms with Gasteiger partial charge in [0, 0.05) is 30.8 Å². The molecule has 7 heteroatoms. The van der Waals surface area contributed by atoms with Crippen LogP contribution in [0.2, 0.25) is 0 Å². The number of carbonyl (C=O) groups is 1. The summed E-state index contributed by atoms with van der Waals surface area (Å²) in [7, 11) is 0. The van der Waals surface area contributed by atoms with Crippen LogP contribution in [0.1, 0.15) is 6.92 Å². The van der Waals surface area contributed by atoms with Crippen molar-refractivity contribution in [3.05, 3.63) is 58.6 Å². The zero-order valence-corrected chi connectivity index (χ0v) is 11.8. The fourth-order valence-electron chi connectivity index (χ4n) is 1.70. The molecule has 0 heterocycles. The van der Waals surface area contributed by atoms with Gasteiger partial charge in [-0.2, -0.15) is 0 Å². The number of amides is 1. The zero-order chi connectivity index (χ0) is 15.9. The summed E-state index contributed by atoms with van der Waals surface area (Å²) in [5, 5.41) is 13.2. The molecule has 0 fully saturated rings. The molecular formula is C15H14N2O5. The third-order valence-electron chi connectivity index (χ3n) is 2.65. The number of non-ortho nitro benzene ring substituents is 1. The summed E-state index contributed by atoms with van der Waals surface area (Å²) in [6.45, 7) is 1.37. The van der Waals surface area contributed by atoms with Gasteiger partial charge in [0.25, 0.3) is 5.69 Å². The fraction of sp³-hybridized carbons (Fsp3) is 0.133. The summed E-state index contributed by atoms with van der Waals surface area (Å²) in [4.78, 5) is 21.0. The molecule has 0 unspecified atom stereocenters. The summed E-state index contributed by atoms with van der Waals surface area (Å²) in [6, 6.07) is 12.6. The fourth-order valence-corrected chi connectivity index (χ4v) is 1.70. The highest BCUT2D eigenvalue weighted by atomic mass is 16.7. The van der Waals surface area contributed by atoms with Crippen LogP contribution in [0, 0.1) is 10.1 Å². The van der Waals surface area contributed by atoms with Crippen LogP contribution in [-0.4, -0.2) is 17.6 Å². The maximum Gasteiger partial charge on any atom is 0.269 e. The highest BCUT2D eigenvalue weighted by molar-refractivity contribution is 5.88. The first-order chi connectivity index (χ1) is 10.5. The summed E-state index contributed by atoms with van der Waals surface area (Å²) >= 11 is 0. The Balaban J connectivity index is 1.88. The number of benzene rings is 2. The van der Waals surface area contributed by atoms with Crippen molar-refractivity contribution in [1.82, 2.24) is 0 Å². The number of hydrogen-bond acceptors (Lipinski definition) is 5. The van der Waals surface area contributed by atoms with Crippen molar-refractivity contribution >= 4 is 17.3 Å². The van der Waals surface area contributed by atoms with E-state index in [2.05, 4.69) is 5.32 Å². The van der Waals surface area contributed by atoms with E-state index in [0.29, 0.717) is 17.2 Å². The average molecular weight is 302 g/mol. The molecular weight excluding hydrogens is 288 g/mol. The van der Waals surface area contributed by atoms with Gasteiger partial charge in [0.15, 0.2) is 0 Å². The quantitative estimate of drug-likeness (QED) is 0.503. The standard InChI is InChI=1S/C15H14N2O5/c1-11(18)16-12-3-2-4-15(9-12)22-10-21-14-7-5-13(6-8-14)17(19)20/h2-9H,10H2,1H3,(H,16,18). The SMILES string of the molecule is CC(=O)Nc1cccc(OCOc2ccc([N+](=O)[O-])cc2)c1. The van der Waals surface area contributed by atoms with Gasteiger partial charge in [-0.15, -0.1) is 0 Å². The number of nitro benzene ring substituents is 1. The Bertz CT molecular complexity index is 670. The van der Waals surface area contributed by atoms with Gasteiger partial charge < -0.3 is 14.8 Å². The van der Waals surface area contributed by atoms with Crippen molar-refractivity contribution < 1.29 is 19.2 Å². The molecule has 0 saturated carbocycles. The van der Waals surface area contributed by atoms with Gasteiger partial charge in [-0.05, 0) is 24.3 Å². The van der Waals surface area contributed by atoms with Crippen molar-refractivity contribution in [3.8, 4) is 11.5 Å². The number of ether oxygens (including phenoxy) is 2. The first kappa shape index (κ1) is 15.3. The highest BCUT2D eigenvalue weighted by Crippen LogP contribution is 2.19. The summed E-state index contributed by atoms with van der Waals surface area (Å²) in [5.74, 6) is 0.830. The molecule has 0 radical (unpaired) electrons. The predicted octanol–water partition coefficient (Wildman–Crippen LogP) is 2.97. The Labute approximate surface area is 126 Å². The van der Waals surface area contributed by atoms with Crippen LogP contribution in [0.4, 0.5) is 11.4 Å². The highest BCUT2D eigenvalue weighted by Gasteiger charge is 2.04. The molecule has 0 aliphatic heterocycles. The Morgan fingerprint density at radius 1 is 1.14 bits per heavy atom. The molecule has 0 saturated heterocycles. The first-order valence-electron chi connectivity index (χ1n) is 6.42. The molecule has 1 amide bonds. The largest absolute Gasteiger partial charge is 0.457 e. The first-order valence-corrected chi connectivity index (χ1v) is 6.42. The molecule has 22 heavy (non-hydrogen) atoms. The second-order valence-corrected chi connectivity index (χ2v) is 4.37. The van der Waals surface area contributed by atoms with Crippen LogP contribution in [0.15, 0.2) is 48.5 Å². The monoisotopic (exact) mass is 302 g/mol. The number of anilines is 1. The lowest BCUT2D eigenvalue weighted by Crippen LogP contribution is -2.07. The van der Waals surface area contributed by atoms with Crippen molar-refractivity contribution in [3.63, 3.8) is 0 Å². The summed E-state index contributed by atoms with van der Waals surface area (Å²) in [5.41, 5.74) is 0.622. The zero-order valence-electron chi connectivity index (χ0n) is 11.8. The predicted molar refractivity (Wildman–Crippen MR) is 80.0 cm³/mol. The van der Waals surface area contributed by atoms with Gasteiger partial charge >= 0.3 is 0 Å². The van der Waals surface area contributed by atoms with Crippen LogP contribution in [-0.2, 0) is 4.79 Å². The molecule has 7 nitrogen and oxygen atoms in total. The van der Waals surface area contributed by atoms with Gasteiger partial charge in [0.2, 0.25) is 12.7 Å². The Hall–Kier alpha value is -3.09. The van der Waals surface area contributed by atoms with Crippen molar-refractivity contribution in [1.29, 1.82) is 0 Å². The lowest BCUT2D eigenvalue weighted by Gasteiger charge is -2.09. The molecule has 0 atom stereocenters.